The number of carboxylic acid groups (broad SMARTS) is 1. The summed E-state index contributed by atoms with van der Waals surface area (Å²) >= 11 is 0. The summed E-state index contributed by atoms with van der Waals surface area (Å²) in [4.78, 5) is 22.4. The normalized spacial score (nSPS) is 9.75. The molecule has 0 saturated carbocycles. The Labute approximate surface area is 114 Å². The molecule has 0 aliphatic heterocycles. The fourth-order valence-corrected chi connectivity index (χ4v) is 1.60. The minimum Gasteiger partial charge on any atom is -0.475 e. The summed E-state index contributed by atoms with van der Waals surface area (Å²) in [6.07, 6.45) is 0. The fourth-order valence-electron chi connectivity index (χ4n) is 1.60. The lowest BCUT2D eigenvalue weighted by Gasteiger charge is -2.03. The number of rotatable bonds is 4. The van der Waals surface area contributed by atoms with Crippen molar-refractivity contribution in [2.24, 2.45) is 0 Å². The topological polar surface area (TPSA) is 103 Å². The van der Waals surface area contributed by atoms with Crippen LogP contribution < -0.4 is 5.32 Å². The van der Waals surface area contributed by atoms with Gasteiger partial charge in [0.2, 0.25) is 5.76 Å². The van der Waals surface area contributed by atoms with Crippen LogP contribution in [0.5, 0.6) is 0 Å². The minimum absolute atomic E-state index is 0.0705. The molecule has 0 saturated heterocycles. The van der Waals surface area contributed by atoms with Crippen molar-refractivity contribution < 1.29 is 19.1 Å². The van der Waals surface area contributed by atoms with Crippen LogP contribution >= 0.6 is 0 Å². The van der Waals surface area contributed by atoms with Gasteiger partial charge in [0.15, 0.2) is 5.76 Å². The van der Waals surface area contributed by atoms with Crippen molar-refractivity contribution in [3.63, 3.8) is 0 Å². The van der Waals surface area contributed by atoms with Crippen LogP contribution in [0.25, 0.3) is 0 Å². The van der Waals surface area contributed by atoms with Gasteiger partial charge in [0, 0.05) is 6.54 Å². The van der Waals surface area contributed by atoms with Crippen LogP contribution in [0.1, 0.15) is 32.2 Å². The van der Waals surface area contributed by atoms with Gasteiger partial charge in [-0.05, 0) is 29.8 Å². The molecule has 0 bridgehead atoms. The highest BCUT2D eigenvalue weighted by Gasteiger charge is 2.14. The second-order valence-electron chi connectivity index (χ2n) is 3.96. The van der Waals surface area contributed by atoms with Crippen molar-refractivity contribution in [2.45, 2.75) is 6.54 Å². The average molecular weight is 270 g/mol. The third-order valence-corrected chi connectivity index (χ3v) is 2.55. The molecule has 20 heavy (non-hydrogen) atoms. The molecule has 2 aromatic rings. The van der Waals surface area contributed by atoms with Gasteiger partial charge in [-0.3, -0.25) is 4.79 Å². The molecule has 0 atom stereocenters. The zero-order valence-electron chi connectivity index (χ0n) is 10.3. The summed E-state index contributed by atoms with van der Waals surface area (Å²) in [6, 6.07) is 11.3. The SMILES string of the molecule is N#Cc1cccc(CNC(=O)c2ccc(C(=O)O)o2)c1. The van der Waals surface area contributed by atoms with Gasteiger partial charge in [0.25, 0.3) is 5.91 Å². The van der Waals surface area contributed by atoms with Crippen LogP contribution in [0.2, 0.25) is 0 Å². The molecule has 1 heterocycles. The van der Waals surface area contributed by atoms with Crippen molar-refractivity contribution in [2.75, 3.05) is 0 Å². The number of nitrogens with one attached hydrogen (secondary N) is 1. The van der Waals surface area contributed by atoms with Crippen LogP contribution in [-0.2, 0) is 6.54 Å². The van der Waals surface area contributed by atoms with Gasteiger partial charge in [-0.15, -0.1) is 0 Å². The molecule has 0 radical (unpaired) electrons. The highest BCUT2D eigenvalue weighted by molar-refractivity contribution is 5.93. The van der Waals surface area contributed by atoms with E-state index in [2.05, 4.69) is 5.32 Å². The molecule has 1 aromatic heterocycles. The molecule has 0 unspecified atom stereocenters. The molecule has 0 spiro atoms. The van der Waals surface area contributed by atoms with Crippen LogP contribution in [-0.4, -0.2) is 17.0 Å². The van der Waals surface area contributed by atoms with Crippen LogP contribution in [0.3, 0.4) is 0 Å². The first-order chi connectivity index (χ1) is 9.60. The van der Waals surface area contributed by atoms with Gasteiger partial charge in [0.05, 0.1) is 11.6 Å². The van der Waals surface area contributed by atoms with Crippen molar-refractivity contribution in [1.29, 1.82) is 5.26 Å². The maximum atomic E-state index is 11.7. The van der Waals surface area contributed by atoms with E-state index in [1.807, 2.05) is 6.07 Å². The summed E-state index contributed by atoms with van der Waals surface area (Å²) in [5.41, 5.74) is 1.27. The van der Waals surface area contributed by atoms with Crippen LogP contribution in [0.15, 0.2) is 40.8 Å². The van der Waals surface area contributed by atoms with Crippen molar-refractivity contribution in [3.8, 4) is 6.07 Å². The molecule has 0 aliphatic rings. The van der Waals surface area contributed by atoms with E-state index in [4.69, 9.17) is 14.8 Å². The molecule has 0 fully saturated rings. The Morgan fingerprint density at radius 1 is 1.25 bits per heavy atom. The Morgan fingerprint density at radius 2 is 2.00 bits per heavy atom. The van der Waals surface area contributed by atoms with Crippen LogP contribution in [0.4, 0.5) is 0 Å². The van der Waals surface area contributed by atoms with Gasteiger partial charge < -0.3 is 14.8 Å². The Balaban J connectivity index is 2.01. The summed E-state index contributed by atoms with van der Waals surface area (Å²) < 4.78 is 4.88. The molecule has 1 amide bonds. The predicted octanol–water partition coefficient (Wildman–Crippen LogP) is 1.78. The first-order valence-corrected chi connectivity index (χ1v) is 5.70. The number of carbonyl (C=O) groups excluding carboxylic acids is 1. The van der Waals surface area contributed by atoms with Gasteiger partial charge in [-0.25, -0.2) is 4.79 Å². The number of amides is 1. The van der Waals surface area contributed by atoms with E-state index < -0.39 is 11.9 Å². The maximum absolute atomic E-state index is 11.7. The number of aromatic carboxylic acids is 1. The molecular weight excluding hydrogens is 260 g/mol. The third-order valence-electron chi connectivity index (χ3n) is 2.55. The second-order valence-corrected chi connectivity index (χ2v) is 3.96. The third kappa shape index (κ3) is 3.03. The molecule has 0 aliphatic carbocycles. The van der Waals surface area contributed by atoms with Gasteiger partial charge >= 0.3 is 5.97 Å². The largest absolute Gasteiger partial charge is 0.475 e. The minimum atomic E-state index is -1.23. The van der Waals surface area contributed by atoms with E-state index in [9.17, 15) is 9.59 Å². The number of nitrogens with zero attached hydrogens (tertiary/aromatic N) is 1. The van der Waals surface area contributed by atoms with Crippen molar-refractivity contribution in [1.82, 2.24) is 5.32 Å². The second kappa shape index (κ2) is 5.71. The molecular formula is C14H10N2O4. The standard InChI is InChI=1S/C14H10N2O4/c15-7-9-2-1-3-10(6-9)8-16-13(17)11-4-5-12(20-11)14(18)19/h1-6H,8H2,(H,16,17)(H,18,19). The molecule has 6 nitrogen and oxygen atoms in total. The van der Waals surface area contributed by atoms with Crippen molar-refractivity contribution >= 4 is 11.9 Å². The van der Waals surface area contributed by atoms with E-state index in [0.29, 0.717) is 5.56 Å². The molecule has 1 aromatic carbocycles. The average Bonchev–Trinajstić information content (AvgIpc) is 2.95. The Morgan fingerprint density at radius 3 is 2.65 bits per heavy atom. The predicted molar refractivity (Wildman–Crippen MR) is 68.0 cm³/mol. The van der Waals surface area contributed by atoms with E-state index >= 15 is 0 Å². The quantitative estimate of drug-likeness (QED) is 0.881. The number of furan rings is 1. The van der Waals surface area contributed by atoms with Crippen molar-refractivity contribution in [3.05, 3.63) is 59.0 Å². The van der Waals surface area contributed by atoms with E-state index in [1.54, 1.807) is 24.3 Å². The maximum Gasteiger partial charge on any atom is 0.371 e. The first-order valence-electron chi connectivity index (χ1n) is 5.70. The van der Waals surface area contributed by atoms with Gasteiger partial charge in [0.1, 0.15) is 0 Å². The van der Waals surface area contributed by atoms with Gasteiger partial charge in [-0.1, -0.05) is 12.1 Å². The molecule has 6 heteroatoms. The fraction of sp³-hybridized carbons (Fsp3) is 0.0714. The van der Waals surface area contributed by atoms with E-state index in [0.717, 1.165) is 5.56 Å². The highest BCUT2D eigenvalue weighted by atomic mass is 16.4. The number of hydrogen-bond donors (Lipinski definition) is 2. The van der Waals surface area contributed by atoms with Crippen LogP contribution in [0, 0.1) is 11.3 Å². The number of benzene rings is 1. The zero-order chi connectivity index (χ0) is 14.5. The lowest BCUT2D eigenvalue weighted by molar-refractivity contribution is 0.0659. The van der Waals surface area contributed by atoms with E-state index in [-0.39, 0.29) is 18.1 Å². The Kier molecular flexibility index (Phi) is 3.82. The summed E-state index contributed by atoms with van der Waals surface area (Å²) in [7, 11) is 0. The van der Waals surface area contributed by atoms with E-state index in [1.165, 1.54) is 12.1 Å². The number of nitriles is 1. The number of carbonyl (C=O) groups is 2. The molecule has 2 N–H and O–H groups in total. The van der Waals surface area contributed by atoms with Gasteiger partial charge in [-0.2, -0.15) is 5.26 Å². The summed E-state index contributed by atoms with van der Waals surface area (Å²) in [6.45, 7) is 0.220. The number of hydrogen-bond acceptors (Lipinski definition) is 4. The highest BCUT2D eigenvalue weighted by Crippen LogP contribution is 2.09. The molecule has 2 rings (SSSR count). The Hall–Kier alpha value is -3.07. The zero-order valence-corrected chi connectivity index (χ0v) is 10.3. The summed E-state index contributed by atoms with van der Waals surface area (Å²) in [5, 5.41) is 20.0. The summed E-state index contributed by atoms with van der Waals surface area (Å²) in [5.74, 6) is -2.11. The molecule has 100 valence electrons. The lowest BCUT2D eigenvalue weighted by atomic mass is 10.1. The Bertz CT molecular complexity index is 697. The number of carboxylic acids is 1. The smallest absolute Gasteiger partial charge is 0.371 e. The monoisotopic (exact) mass is 270 g/mol. The lowest BCUT2D eigenvalue weighted by Crippen LogP contribution is -2.22. The first kappa shape index (κ1) is 13.4.